The van der Waals surface area contributed by atoms with E-state index in [1.54, 1.807) is 50.2 Å². The lowest BCUT2D eigenvalue weighted by Gasteiger charge is -2.41. The summed E-state index contributed by atoms with van der Waals surface area (Å²) in [7, 11) is 7.95. The van der Waals surface area contributed by atoms with Gasteiger partial charge >= 0.3 is 5.97 Å². The monoisotopic (exact) mass is 829 g/mol. The fourth-order valence-corrected chi connectivity index (χ4v) is 8.09. The number of aliphatic carboxylic acids is 1. The van der Waals surface area contributed by atoms with Gasteiger partial charge in [0.15, 0.2) is 0 Å². The summed E-state index contributed by atoms with van der Waals surface area (Å²) in [5.41, 5.74) is 1.16. The van der Waals surface area contributed by atoms with E-state index in [0.717, 1.165) is 0 Å². The number of benzene rings is 1. The second-order valence-corrected chi connectivity index (χ2v) is 16.3. The van der Waals surface area contributed by atoms with Gasteiger partial charge in [0, 0.05) is 33.4 Å². The molecule has 3 rings (SSSR count). The number of amides is 4. The van der Waals surface area contributed by atoms with E-state index in [-0.39, 0.29) is 48.4 Å². The van der Waals surface area contributed by atoms with Gasteiger partial charge in [-0.15, -0.1) is 5.10 Å². The van der Waals surface area contributed by atoms with Gasteiger partial charge in [-0.3, -0.25) is 19.2 Å². The standard InChI is InChI=1S/C42H68N8O9/c1-13-26(6)37(48(9)41(54)36(25(4)5)45-40(53)35(43-8)24(2)3)33(58-11)21-34(51)50-20-16-18-31(50)38(59-12)27(7)39(52)44-30(42(55)56)23-49-22-29(46-47-49)28-17-14-15-19-32(28)57-10/h14-15,17,19,22,24-27,30-31,33,35-38,43H,13,16,18,20-21,23H2,1-12H3,(H,44,52)(H,45,53)(H,55,56)/t26-,27+,30-,31-,33+,35-,36-,37-,38+/m0/s1. The summed E-state index contributed by atoms with van der Waals surface area (Å²) in [5.74, 6) is -3.08. The van der Waals surface area contributed by atoms with E-state index >= 15 is 0 Å². The van der Waals surface area contributed by atoms with E-state index < -0.39 is 60.2 Å². The van der Waals surface area contributed by atoms with E-state index in [4.69, 9.17) is 14.2 Å². The zero-order chi connectivity index (χ0) is 44.1. The van der Waals surface area contributed by atoms with Crippen LogP contribution in [0.25, 0.3) is 11.3 Å². The first-order valence-corrected chi connectivity index (χ1v) is 20.6. The number of methoxy groups -OCH3 is 3. The highest BCUT2D eigenvalue weighted by molar-refractivity contribution is 5.90. The number of carboxylic acid groups (broad SMARTS) is 1. The summed E-state index contributed by atoms with van der Waals surface area (Å²) in [5, 5.41) is 27.0. The topological polar surface area (TPSA) is 207 Å². The Morgan fingerprint density at radius 2 is 1.61 bits per heavy atom. The molecule has 1 aromatic heterocycles. The second-order valence-electron chi connectivity index (χ2n) is 16.3. The van der Waals surface area contributed by atoms with Crippen molar-refractivity contribution < 1.29 is 43.3 Å². The van der Waals surface area contributed by atoms with Crippen LogP contribution in [0.2, 0.25) is 0 Å². The van der Waals surface area contributed by atoms with Gasteiger partial charge in [0.25, 0.3) is 0 Å². The molecule has 0 bridgehead atoms. The summed E-state index contributed by atoms with van der Waals surface area (Å²) >= 11 is 0. The number of likely N-dealkylation sites (N-methyl/N-ethyl adjacent to an activating group) is 2. The summed E-state index contributed by atoms with van der Waals surface area (Å²) in [6.45, 7) is 13.6. The van der Waals surface area contributed by atoms with Gasteiger partial charge in [0.05, 0.1) is 62.5 Å². The van der Waals surface area contributed by atoms with Crippen LogP contribution in [0.3, 0.4) is 0 Å². The molecule has 330 valence electrons. The van der Waals surface area contributed by atoms with Crippen LogP contribution in [0.4, 0.5) is 0 Å². The van der Waals surface area contributed by atoms with Gasteiger partial charge in [-0.1, -0.05) is 72.2 Å². The van der Waals surface area contributed by atoms with Crippen molar-refractivity contribution in [1.29, 1.82) is 0 Å². The molecule has 1 aliphatic rings. The average molecular weight is 829 g/mol. The molecule has 59 heavy (non-hydrogen) atoms. The number of carbonyl (C=O) groups excluding carboxylic acids is 4. The van der Waals surface area contributed by atoms with Gasteiger partial charge in [-0.25, -0.2) is 9.48 Å². The number of nitrogens with one attached hydrogen (secondary N) is 3. The van der Waals surface area contributed by atoms with Crippen molar-refractivity contribution in [2.24, 2.45) is 23.7 Å². The van der Waals surface area contributed by atoms with E-state index in [0.29, 0.717) is 42.8 Å². The zero-order valence-corrected chi connectivity index (χ0v) is 36.9. The predicted octanol–water partition coefficient (Wildman–Crippen LogP) is 2.83. The van der Waals surface area contributed by atoms with E-state index in [2.05, 4.69) is 26.3 Å². The van der Waals surface area contributed by atoms with Crippen LogP contribution in [0.15, 0.2) is 30.5 Å². The average Bonchev–Trinajstić information content (AvgIpc) is 3.89. The first kappa shape index (κ1) is 48.8. The highest BCUT2D eigenvalue weighted by Crippen LogP contribution is 2.30. The number of carbonyl (C=O) groups is 5. The number of nitrogens with zero attached hydrogens (tertiary/aromatic N) is 5. The minimum atomic E-state index is -1.33. The predicted molar refractivity (Wildman–Crippen MR) is 222 cm³/mol. The first-order valence-electron chi connectivity index (χ1n) is 20.6. The Balaban J connectivity index is 1.76. The molecule has 0 aliphatic carbocycles. The lowest BCUT2D eigenvalue weighted by Crippen LogP contribution is -2.59. The number of hydrogen-bond donors (Lipinski definition) is 4. The molecule has 4 amide bonds. The lowest BCUT2D eigenvalue weighted by atomic mass is 9.89. The molecule has 2 aromatic rings. The number of aromatic nitrogens is 3. The Bertz CT molecular complexity index is 1700. The Morgan fingerprint density at radius 3 is 2.17 bits per heavy atom. The van der Waals surface area contributed by atoms with Crippen molar-refractivity contribution in [2.45, 2.75) is 123 Å². The molecule has 0 spiro atoms. The van der Waals surface area contributed by atoms with Crippen molar-refractivity contribution in [3.63, 3.8) is 0 Å². The number of rotatable bonds is 23. The van der Waals surface area contributed by atoms with Gasteiger partial charge in [-0.05, 0) is 49.8 Å². The number of hydrogen-bond acceptors (Lipinski definition) is 11. The van der Waals surface area contributed by atoms with Crippen LogP contribution in [0.1, 0.15) is 74.1 Å². The maximum Gasteiger partial charge on any atom is 0.328 e. The van der Waals surface area contributed by atoms with Crippen LogP contribution in [-0.4, -0.2) is 144 Å². The van der Waals surface area contributed by atoms with Gasteiger partial charge in [-0.2, -0.15) is 0 Å². The quantitative estimate of drug-likeness (QED) is 0.128. The van der Waals surface area contributed by atoms with Crippen LogP contribution < -0.4 is 20.7 Å². The maximum absolute atomic E-state index is 14.2. The molecule has 1 aromatic carbocycles. The lowest BCUT2D eigenvalue weighted by molar-refractivity contribution is -0.148. The molecule has 0 radical (unpaired) electrons. The summed E-state index contributed by atoms with van der Waals surface area (Å²) in [4.78, 5) is 71.1. The molecule has 17 nitrogen and oxygen atoms in total. The van der Waals surface area contributed by atoms with Crippen LogP contribution in [-0.2, 0) is 40.0 Å². The second kappa shape index (κ2) is 22.7. The normalized spacial score (nSPS) is 18.3. The fraction of sp³-hybridized carbons (Fsp3) is 0.690. The van der Waals surface area contributed by atoms with Crippen LogP contribution >= 0.6 is 0 Å². The minimum Gasteiger partial charge on any atom is -0.496 e. The third-order valence-corrected chi connectivity index (χ3v) is 11.7. The van der Waals surface area contributed by atoms with Crippen LogP contribution in [0.5, 0.6) is 5.75 Å². The van der Waals surface area contributed by atoms with E-state index in [1.807, 2.05) is 59.7 Å². The number of para-hydroxylation sites is 1. The largest absolute Gasteiger partial charge is 0.496 e. The minimum absolute atomic E-state index is 0.00830. The molecule has 1 aliphatic heterocycles. The van der Waals surface area contributed by atoms with Gasteiger partial charge < -0.3 is 45.1 Å². The Labute approximate surface area is 349 Å². The molecule has 2 heterocycles. The molecule has 0 saturated carbocycles. The van der Waals surface area contributed by atoms with Gasteiger partial charge in [0.1, 0.15) is 23.5 Å². The molecule has 17 heteroatoms. The Morgan fingerprint density at radius 1 is 0.949 bits per heavy atom. The van der Waals surface area contributed by atoms with E-state index in [1.165, 1.54) is 18.9 Å². The van der Waals surface area contributed by atoms with Crippen molar-refractivity contribution >= 4 is 29.6 Å². The molecular weight excluding hydrogens is 761 g/mol. The first-order chi connectivity index (χ1) is 27.9. The number of ether oxygens (including phenoxy) is 3. The molecule has 0 unspecified atom stereocenters. The summed E-state index contributed by atoms with van der Waals surface area (Å²) in [6, 6.07) is 3.66. The van der Waals surface area contributed by atoms with Crippen molar-refractivity contribution in [2.75, 3.05) is 42.0 Å². The van der Waals surface area contributed by atoms with Crippen molar-refractivity contribution in [3.05, 3.63) is 30.5 Å². The van der Waals surface area contributed by atoms with Crippen LogP contribution in [0, 0.1) is 23.7 Å². The number of carboxylic acids is 1. The third kappa shape index (κ3) is 12.2. The van der Waals surface area contributed by atoms with Crippen molar-refractivity contribution in [1.82, 2.24) is 40.7 Å². The molecule has 1 saturated heterocycles. The van der Waals surface area contributed by atoms with Crippen molar-refractivity contribution in [3.8, 4) is 17.0 Å². The Kier molecular flexibility index (Phi) is 18.7. The molecule has 9 atom stereocenters. The van der Waals surface area contributed by atoms with Gasteiger partial charge in [0.2, 0.25) is 23.6 Å². The summed E-state index contributed by atoms with van der Waals surface area (Å²) in [6.07, 6.45) is 2.05. The summed E-state index contributed by atoms with van der Waals surface area (Å²) < 4.78 is 18.7. The molecular formula is C42H68N8O9. The molecule has 4 N–H and O–H groups in total. The molecule has 1 fully saturated rings. The Hall–Kier alpha value is -4.61. The number of likely N-dealkylation sites (tertiary alicyclic amines) is 1. The third-order valence-electron chi connectivity index (χ3n) is 11.7. The highest BCUT2D eigenvalue weighted by Gasteiger charge is 2.43. The zero-order valence-electron chi connectivity index (χ0n) is 36.9. The maximum atomic E-state index is 14.2. The SMILES string of the molecule is CC[C@H](C)[C@@H]([C@@H](CC(=O)N1CCC[C@H]1[C@H](OC)[C@@H](C)C(=O)N[C@@H](Cn1cc(-c2ccccc2OC)nn1)C(=O)O)OC)N(C)C(=O)[C@@H](NC(=O)[C@@H](NC)C(C)C)C(C)C. The fourth-order valence-electron chi connectivity index (χ4n) is 8.09. The highest BCUT2D eigenvalue weighted by atomic mass is 16.5. The van der Waals surface area contributed by atoms with E-state index in [9.17, 15) is 29.1 Å². The smallest absolute Gasteiger partial charge is 0.328 e.